The molecule has 1 aromatic heterocycles. The fourth-order valence-electron chi connectivity index (χ4n) is 1.46. The summed E-state index contributed by atoms with van der Waals surface area (Å²) in [6.45, 7) is 10.5. The summed E-state index contributed by atoms with van der Waals surface area (Å²) in [5.41, 5.74) is 7.12. The van der Waals surface area contributed by atoms with Crippen molar-refractivity contribution in [3.63, 3.8) is 0 Å². The van der Waals surface area contributed by atoms with Gasteiger partial charge in [-0.2, -0.15) is 5.10 Å². The summed E-state index contributed by atoms with van der Waals surface area (Å²) in [5.74, 6) is 0. The van der Waals surface area contributed by atoms with E-state index in [2.05, 4.69) is 39.7 Å². The molecule has 2 N–H and O–H groups in total. The van der Waals surface area contributed by atoms with Crippen LogP contribution in [0.15, 0.2) is 6.20 Å². The molecule has 0 spiro atoms. The topological polar surface area (TPSA) is 43.8 Å². The van der Waals surface area contributed by atoms with Crippen molar-refractivity contribution in [1.29, 1.82) is 0 Å². The van der Waals surface area contributed by atoms with Crippen LogP contribution in [0.5, 0.6) is 0 Å². The first kappa shape index (κ1) is 12.5. The minimum atomic E-state index is -0.102. The molecule has 0 aliphatic carbocycles. The zero-order valence-corrected chi connectivity index (χ0v) is 10.8. The molecule has 0 saturated carbocycles. The van der Waals surface area contributed by atoms with Gasteiger partial charge in [-0.1, -0.05) is 32.4 Å². The van der Waals surface area contributed by atoms with Crippen LogP contribution in [0.3, 0.4) is 0 Å². The first-order chi connectivity index (χ1) is 6.75. The van der Waals surface area contributed by atoms with E-state index in [0.717, 1.165) is 5.69 Å². The fraction of sp³-hybridized carbons (Fsp3) is 0.727. The number of hydrogen-bond donors (Lipinski definition) is 1. The monoisotopic (exact) mass is 229 g/mol. The van der Waals surface area contributed by atoms with Crippen molar-refractivity contribution in [1.82, 2.24) is 9.78 Å². The van der Waals surface area contributed by atoms with E-state index in [4.69, 9.17) is 17.3 Å². The quantitative estimate of drug-likeness (QED) is 0.847. The molecule has 1 heterocycles. The molecule has 0 fully saturated rings. The van der Waals surface area contributed by atoms with Crippen LogP contribution in [0.4, 0.5) is 0 Å². The number of nitrogens with zero attached hydrogens (tertiary/aromatic N) is 2. The number of hydrogen-bond acceptors (Lipinski definition) is 2. The molecule has 1 atom stereocenters. The summed E-state index contributed by atoms with van der Waals surface area (Å²) < 4.78 is 1.90. The van der Waals surface area contributed by atoms with Gasteiger partial charge >= 0.3 is 0 Å². The van der Waals surface area contributed by atoms with Crippen LogP contribution >= 0.6 is 11.6 Å². The van der Waals surface area contributed by atoms with Gasteiger partial charge in [0.25, 0.3) is 0 Å². The molecule has 0 amide bonds. The highest BCUT2D eigenvalue weighted by Gasteiger charge is 2.28. The minimum absolute atomic E-state index is 0.0175. The molecule has 0 bridgehead atoms. The van der Waals surface area contributed by atoms with Crippen molar-refractivity contribution in [3.8, 4) is 0 Å². The van der Waals surface area contributed by atoms with E-state index in [1.54, 1.807) is 6.20 Å². The Morgan fingerprint density at radius 1 is 1.40 bits per heavy atom. The van der Waals surface area contributed by atoms with Crippen LogP contribution in [0.2, 0.25) is 5.02 Å². The first-order valence-corrected chi connectivity index (χ1v) is 5.61. The molecule has 1 aromatic rings. The van der Waals surface area contributed by atoms with E-state index in [1.807, 2.05) is 4.68 Å². The predicted octanol–water partition coefficient (Wildman–Crippen LogP) is 3.16. The third-order valence-electron chi connectivity index (χ3n) is 2.50. The number of aromatic nitrogens is 2. The van der Waals surface area contributed by atoms with E-state index >= 15 is 0 Å². The van der Waals surface area contributed by atoms with Crippen LogP contribution in [0.1, 0.15) is 52.4 Å². The molecule has 0 aliphatic heterocycles. The Labute approximate surface area is 96.6 Å². The van der Waals surface area contributed by atoms with Crippen LogP contribution < -0.4 is 5.73 Å². The lowest BCUT2D eigenvalue weighted by atomic mass is 9.85. The average molecular weight is 230 g/mol. The molecular formula is C11H20ClN3. The number of halogens is 1. The van der Waals surface area contributed by atoms with Gasteiger partial charge in [0.15, 0.2) is 0 Å². The van der Waals surface area contributed by atoms with E-state index in [1.165, 1.54) is 0 Å². The molecule has 1 rings (SSSR count). The van der Waals surface area contributed by atoms with Crippen molar-refractivity contribution in [2.45, 2.75) is 46.7 Å². The molecule has 86 valence electrons. The highest BCUT2D eigenvalue weighted by atomic mass is 35.5. The van der Waals surface area contributed by atoms with Crippen molar-refractivity contribution in [3.05, 3.63) is 16.9 Å². The Morgan fingerprint density at radius 2 is 1.93 bits per heavy atom. The Balaban J connectivity index is 3.18. The Morgan fingerprint density at radius 3 is 2.33 bits per heavy atom. The average Bonchev–Trinajstić information content (AvgIpc) is 2.44. The minimum Gasteiger partial charge on any atom is -0.322 e. The SMILES string of the molecule is CC(C)n1ncc(Cl)c1C(N)C(C)(C)C. The lowest BCUT2D eigenvalue weighted by molar-refractivity contribution is 0.305. The molecule has 3 nitrogen and oxygen atoms in total. The summed E-state index contributed by atoms with van der Waals surface area (Å²) in [6, 6.07) is 0.177. The molecule has 0 radical (unpaired) electrons. The molecule has 15 heavy (non-hydrogen) atoms. The van der Waals surface area contributed by atoms with Gasteiger partial charge < -0.3 is 5.73 Å². The summed E-state index contributed by atoms with van der Waals surface area (Å²) in [4.78, 5) is 0. The summed E-state index contributed by atoms with van der Waals surface area (Å²) in [7, 11) is 0. The summed E-state index contributed by atoms with van der Waals surface area (Å²) in [5, 5.41) is 4.91. The molecule has 0 saturated heterocycles. The van der Waals surface area contributed by atoms with Crippen molar-refractivity contribution < 1.29 is 0 Å². The molecule has 0 aromatic carbocycles. The molecular weight excluding hydrogens is 210 g/mol. The normalized spacial score (nSPS) is 14.7. The lowest BCUT2D eigenvalue weighted by Gasteiger charge is -2.28. The van der Waals surface area contributed by atoms with Gasteiger partial charge in [0.05, 0.1) is 23.0 Å². The maximum atomic E-state index is 6.21. The van der Waals surface area contributed by atoms with Crippen LogP contribution in [0, 0.1) is 5.41 Å². The summed E-state index contributed by atoms with van der Waals surface area (Å²) in [6.07, 6.45) is 1.67. The number of nitrogens with two attached hydrogens (primary N) is 1. The van der Waals surface area contributed by atoms with Gasteiger partial charge in [0.1, 0.15) is 0 Å². The fourth-order valence-corrected chi connectivity index (χ4v) is 1.71. The highest BCUT2D eigenvalue weighted by Crippen LogP contribution is 2.35. The summed E-state index contributed by atoms with van der Waals surface area (Å²) >= 11 is 6.13. The predicted molar refractivity (Wildman–Crippen MR) is 64.0 cm³/mol. The second-order valence-corrected chi connectivity index (χ2v) is 5.67. The lowest BCUT2D eigenvalue weighted by Crippen LogP contribution is -2.29. The smallest absolute Gasteiger partial charge is 0.0834 e. The second kappa shape index (κ2) is 4.14. The van der Waals surface area contributed by atoms with E-state index in [9.17, 15) is 0 Å². The van der Waals surface area contributed by atoms with E-state index < -0.39 is 0 Å². The van der Waals surface area contributed by atoms with Gasteiger partial charge in [-0.05, 0) is 19.3 Å². The van der Waals surface area contributed by atoms with Gasteiger partial charge in [0, 0.05) is 6.04 Å². The Kier molecular flexibility index (Phi) is 3.46. The third kappa shape index (κ3) is 2.52. The van der Waals surface area contributed by atoms with E-state index in [0.29, 0.717) is 5.02 Å². The second-order valence-electron chi connectivity index (χ2n) is 5.26. The van der Waals surface area contributed by atoms with Gasteiger partial charge in [-0.15, -0.1) is 0 Å². The van der Waals surface area contributed by atoms with Crippen LogP contribution in [-0.4, -0.2) is 9.78 Å². The molecule has 4 heteroatoms. The van der Waals surface area contributed by atoms with Crippen LogP contribution in [-0.2, 0) is 0 Å². The largest absolute Gasteiger partial charge is 0.322 e. The van der Waals surface area contributed by atoms with Crippen molar-refractivity contribution in [2.24, 2.45) is 11.1 Å². The molecule has 1 unspecified atom stereocenters. The maximum absolute atomic E-state index is 6.21. The third-order valence-corrected chi connectivity index (χ3v) is 2.79. The number of rotatable bonds is 2. The van der Waals surface area contributed by atoms with Gasteiger partial charge in [0.2, 0.25) is 0 Å². The van der Waals surface area contributed by atoms with Crippen molar-refractivity contribution >= 4 is 11.6 Å². The highest BCUT2D eigenvalue weighted by molar-refractivity contribution is 6.31. The Bertz CT molecular complexity index is 336. The van der Waals surface area contributed by atoms with Crippen LogP contribution in [0.25, 0.3) is 0 Å². The first-order valence-electron chi connectivity index (χ1n) is 5.23. The van der Waals surface area contributed by atoms with Crippen molar-refractivity contribution in [2.75, 3.05) is 0 Å². The van der Waals surface area contributed by atoms with Gasteiger partial charge in [-0.3, -0.25) is 4.68 Å². The van der Waals surface area contributed by atoms with Gasteiger partial charge in [-0.25, -0.2) is 0 Å². The standard InChI is InChI=1S/C11H20ClN3/c1-7(2)15-9(8(12)6-14-15)10(13)11(3,4)5/h6-7,10H,13H2,1-5H3. The maximum Gasteiger partial charge on any atom is 0.0834 e. The molecule has 0 aliphatic rings. The zero-order valence-electron chi connectivity index (χ0n) is 10.1. The van der Waals surface area contributed by atoms with E-state index in [-0.39, 0.29) is 17.5 Å². The Hall–Kier alpha value is -0.540. The zero-order chi connectivity index (χ0) is 11.8.